The van der Waals surface area contributed by atoms with E-state index in [1.807, 2.05) is 0 Å². The van der Waals surface area contributed by atoms with Crippen LogP contribution in [0.2, 0.25) is 0 Å². The van der Waals surface area contributed by atoms with E-state index in [1.54, 1.807) is 0 Å². The van der Waals surface area contributed by atoms with Crippen LogP contribution in [0.25, 0.3) is 6.08 Å². The first kappa shape index (κ1) is 14.3. The maximum Gasteiger partial charge on any atom is 0.0390 e. The van der Waals surface area contributed by atoms with Crippen molar-refractivity contribution < 1.29 is 0 Å². The Morgan fingerprint density at radius 1 is 0.947 bits per heavy atom. The monoisotopic (exact) mass is 258 g/mol. The number of nitrogens with one attached hydrogen (secondary N) is 2. The van der Waals surface area contributed by atoms with Gasteiger partial charge in [-0.15, -0.1) is 0 Å². The Balaban J connectivity index is 2.23. The highest BCUT2D eigenvalue weighted by molar-refractivity contribution is 5.65. The molecule has 0 radical (unpaired) electrons. The third-order valence-corrected chi connectivity index (χ3v) is 3.73. The van der Waals surface area contributed by atoms with E-state index in [2.05, 4.69) is 74.7 Å². The quantitative estimate of drug-likeness (QED) is 0.820. The molecule has 0 atom stereocenters. The average Bonchev–Trinajstić information content (AvgIpc) is 2.74. The summed E-state index contributed by atoms with van der Waals surface area (Å²) >= 11 is 0. The molecular weight excluding hydrogens is 232 g/mol. The highest BCUT2D eigenvalue weighted by Crippen LogP contribution is 2.35. The van der Waals surface area contributed by atoms with E-state index in [0.717, 1.165) is 13.1 Å². The lowest BCUT2D eigenvalue weighted by Gasteiger charge is -2.32. The molecule has 0 amide bonds. The second-order valence-corrected chi connectivity index (χ2v) is 6.15. The van der Waals surface area contributed by atoms with E-state index in [4.69, 9.17) is 0 Å². The zero-order chi connectivity index (χ0) is 13.9. The highest BCUT2D eigenvalue weighted by Gasteiger charge is 2.34. The van der Waals surface area contributed by atoms with E-state index in [1.165, 1.54) is 11.1 Å². The fraction of sp³-hybridized carbons (Fsp3) is 0.529. The summed E-state index contributed by atoms with van der Waals surface area (Å²) in [5, 5.41) is 7.20. The highest BCUT2D eigenvalue weighted by atomic mass is 15.0. The second-order valence-electron chi connectivity index (χ2n) is 6.15. The van der Waals surface area contributed by atoms with Crippen LogP contribution in [-0.2, 0) is 5.41 Å². The summed E-state index contributed by atoms with van der Waals surface area (Å²) in [6, 6.07) is 9.75. The lowest BCUT2D eigenvalue weighted by Crippen LogP contribution is -2.46. The molecule has 1 aromatic carbocycles. The molecule has 1 aliphatic carbocycles. The predicted octanol–water partition coefficient (Wildman–Crippen LogP) is 2.95. The maximum atomic E-state index is 3.60. The van der Waals surface area contributed by atoms with Crippen LogP contribution in [0.3, 0.4) is 0 Å². The Morgan fingerprint density at radius 3 is 2.11 bits per heavy atom. The van der Waals surface area contributed by atoms with Gasteiger partial charge in [0.05, 0.1) is 0 Å². The van der Waals surface area contributed by atoms with Crippen LogP contribution in [0.5, 0.6) is 0 Å². The molecule has 0 saturated carbocycles. The SMILES string of the molecule is CC(C)NCC1(CNC(C)C)C=Cc2ccccc21. The van der Waals surface area contributed by atoms with Crippen LogP contribution in [0.15, 0.2) is 30.3 Å². The third kappa shape index (κ3) is 3.26. The van der Waals surface area contributed by atoms with Gasteiger partial charge in [-0.1, -0.05) is 64.1 Å². The van der Waals surface area contributed by atoms with Crippen LogP contribution >= 0.6 is 0 Å². The van der Waals surface area contributed by atoms with Crippen molar-refractivity contribution in [3.8, 4) is 0 Å². The summed E-state index contributed by atoms with van der Waals surface area (Å²) < 4.78 is 0. The summed E-state index contributed by atoms with van der Waals surface area (Å²) in [6.07, 6.45) is 4.63. The number of benzene rings is 1. The molecule has 0 unspecified atom stereocenters. The first-order chi connectivity index (χ1) is 9.03. The third-order valence-electron chi connectivity index (χ3n) is 3.73. The molecule has 2 rings (SSSR count). The average molecular weight is 258 g/mol. The zero-order valence-corrected chi connectivity index (χ0v) is 12.5. The summed E-state index contributed by atoms with van der Waals surface area (Å²) in [5.74, 6) is 0. The largest absolute Gasteiger partial charge is 0.313 e. The predicted molar refractivity (Wildman–Crippen MR) is 83.4 cm³/mol. The van der Waals surface area contributed by atoms with Gasteiger partial charge in [0.1, 0.15) is 0 Å². The van der Waals surface area contributed by atoms with Gasteiger partial charge in [0.25, 0.3) is 0 Å². The van der Waals surface area contributed by atoms with Crippen LogP contribution in [0.1, 0.15) is 38.8 Å². The molecule has 19 heavy (non-hydrogen) atoms. The number of rotatable bonds is 6. The number of hydrogen-bond acceptors (Lipinski definition) is 2. The van der Waals surface area contributed by atoms with Gasteiger partial charge in [0, 0.05) is 30.6 Å². The van der Waals surface area contributed by atoms with Crippen LogP contribution in [0, 0.1) is 0 Å². The molecule has 0 aliphatic heterocycles. The van der Waals surface area contributed by atoms with Crippen LogP contribution in [0.4, 0.5) is 0 Å². The lowest BCUT2D eigenvalue weighted by atomic mass is 9.82. The van der Waals surface area contributed by atoms with Crippen molar-refractivity contribution in [1.82, 2.24) is 10.6 Å². The minimum Gasteiger partial charge on any atom is -0.313 e. The molecule has 104 valence electrons. The van der Waals surface area contributed by atoms with Crippen LogP contribution in [-0.4, -0.2) is 25.2 Å². The molecule has 1 aromatic rings. The van der Waals surface area contributed by atoms with E-state index < -0.39 is 0 Å². The number of hydrogen-bond donors (Lipinski definition) is 2. The molecule has 2 N–H and O–H groups in total. The van der Waals surface area contributed by atoms with Crippen molar-refractivity contribution in [2.45, 2.75) is 45.2 Å². The van der Waals surface area contributed by atoms with Crippen molar-refractivity contribution in [1.29, 1.82) is 0 Å². The van der Waals surface area contributed by atoms with Crippen molar-refractivity contribution in [3.05, 3.63) is 41.5 Å². The Morgan fingerprint density at radius 2 is 1.53 bits per heavy atom. The molecule has 2 heteroatoms. The van der Waals surface area contributed by atoms with E-state index in [0.29, 0.717) is 12.1 Å². The van der Waals surface area contributed by atoms with Gasteiger partial charge in [-0.3, -0.25) is 0 Å². The normalized spacial score (nSPS) is 16.3. The van der Waals surface area contributed by atoms with Crippen molar-refractivity contribution >= 4 is 6.08 Å². The van der Waals surface area contributed by atoms with E-state index in [-0.39, 0.29) is 5.41 Å². The Labute approximate surface area is 117 Å². The molecular formula is C17H26N2. The molecule has 0 spiro atoms. The minimum atomic E-state index is 0.0884. The topological polar surface area (TPSA) is 24.1 Å². The fourth-order valence-electron chi connectivity index (χ4n) is 2.58. The zero-order valence-electron chi connectivity index (χ0n) is 12.5. The van der Waals surface area contributed by atoms with Crippen molar-refractivity contribution in [3.63, 3.8) is 0 Å². The Hall–Kier alpha value is -1.12. The van der Waals surface area contributed by atoms with Crippen molar-refractivity contribution in [2.75, 3.05) is 13.1 Å². The Kier molecular flexibility index (Phi) is 4.43. The standard InChI is InChI=1S/C17H26N2/c1-13(2)18-11-17(12-19-14(3)4)10-9-15-7-5-6-8-16(15)17/h5-10,13-14,18-19H,11-12H2,1-4H3. The molecule has 0 saturated heterocycles. The van der Waals surface area contributed by atoms with Gasteiger partial charge in [-0.05, 0) is 11.1 Å². The molecule has 1 aliphatic rings. The summed E-state index contributed by atoms with van der Waals surface area (Å²) in [4.78, 5) is 0. The van der Waals surface area contributed by atoms with Crippen LogP contribution < -0.4 is 10.6 Å². The smallest absolute Gasteiger partial charge is 0.0390 e. The summed E-state index contributed by atoms with van der Waals surface area (Å²) in [6.45, 7) is 10.8. The molecule has 0 fully saturated rings. The Bertz CT molecular complexity index is 434. The maximum absolute atomic E-state index is 3.60. The molecule has 0 heterocycles. The number of fused-ring (bicyclic) bond motifs is 1. The molecule has 2 nitrogen and oxygen atoms in total. The van der Waals surface area contributed by atoms with Gasteiger partial charge < -0.3 is 10.6 Å². The van der Waals surface area contributed by atoms with Gasteiger partial charge in [-0.2, -0.15) is 0 Å². The van der Waals surface area contributed by atoms with Crippen molar-refractivity contribution in [2.24, 2.45) is 0 Å². The minimum absolute atomic E-state index is 0.0884. The van der Waals surface area contributed by atoms with Gasteiger partial charge >= 0.3 is 0 Å². The second kappa shape index (κ2) is 5.89. The van der Waals surface area contributed by atoms with Gasteiger partial charge in [0.2, 0.25) is 0 Å². The van der Waals surface area contributed by atoms with Gasteiger partial charge in [0.15, 0.2) is 0 Å². The van der Waals surface area contributed by atoms with Gasteiger partial charge in [-0.25, -0.2) is 0 Å². The van der Waals surface area contributed by atoms with E-state index in [9.17, 15) is 0 Å². The summed E-state index contributed by atoms with van der Waals surface area (Å²) in [7, 11) is 0. The molecule has 0 bridgehead atoms. The first-order valence-electron chi connectivity index (χ1n) is 7.29. The lowest BCUT2D eigenvalue weighted by molar-refractivity contribution is 0.411. The fourth-order valence-corrected chi connectivity index (χ4v) is 2.58. The first-order valence-corrected chi connectivity index (χ1v) is 7.29. The molecule has 0 aromatic heterocycles. The van der Waals surface area contributed by atoms with E-state index >= 15 is 0 Å². The summed E-state index contributed by atoms with van der Waals surface area (Å²) in [5.41, 5.74) is 2.89.